The van der Waals surface area contributed by atoms with Crippen LogP contribution in [0, 0.1) is 12.3 Å². The van der Waals surface area contributed by atoms with Gasteiger partial charge in [-0.25, -0.2) is 18.7 Å². The first kappa shape index (κ1) is 38.1. The van der Waals surface area contributed by atoms with E-state index in [0.29, 0.717) is 18.1 Å². The lowest BCUT2D eigenvalue weighted by Crippen LogP contribution is -2.54. The zero-order valence-electron chi connectivity index (χ0n) is 32.8. The highest BCUT2D eigenvalue weighted by Gasteiger charge is 2.47. The molecule has 0 saturated carbocycles. The van der Waals surface area contributed by atoms with Crippen LogP contribution in [0.25, 0.3) is 44.4 Å². The van der Waals surface area contributed by atoms with Gasteiger partial charge in [-0.05, 0) is 66.7 Å². The third kappa shape index (κ3) is 7.58. The number of fused-ring (bicyclic) bond motifs is 1. The van der Waals surface area contributed by atoms with Crippen LogP contribution in [-0.2, 0) is 9.53 Å². The molecule has 0 aliphatic carbocycles. The van der Waals surface area contributed by atoms with E-state index in [-0.39, 0.29) is 18.4 Å². The quantitative estimate of drug-likeness (QED) is 0.142. The normalized spacial score (nSPS) is 20.1. The van der Waals surface area contributed by atoms with Gasteiger partial charge in [0.1, 0.15) is 29.6 Å². The van der Waals surface area contributed by atoms with Crippen molar-refractivity contribution in [1.82, 2.24) is 35.1 Å². The predicted octanol–water partition coefficient (Wildman–Crippen LogP) is 9.38. The summed E-state index contributed by atoms with van der Waals surface area (Å²) in [5, 5.41) is 4.93. The second-order valence-electron chi connectivity index (χ2n) is 16.6. The number of likely N-dealkylation sites (tertiary alicyclic amines) is 1. The van der Waals surface area contributed by atoms with Crippen LogP contribution in [0.5, 0.6) is 0 Å². The number of carbonyl (C=O) groups is 2. The van der Waals surface area contributed by atoms with E-state index < -0.39 is 41.9 Å². The van der Waals surface area contributed by atoms with E-state index in [1.165, 1.54) is 0 Å². The van der Waals surface area contributed by atoms with Gasteiger partial charge in [0.2, 0.25) is 0 Å². The smallest absolute Gasteiger partial charge is 0.273 e. The second kappa shape index (κ2) is 14.6. The number of benzene rings is 3. The first-order chi connectivity index (χ1) is 27.2. The molecule has 5 heterocycles. The van der Waals surface area contributed by atoms with Gasteiger partial charge in [0.15, 0.2) is 0 Å². The molecule has 2 aliphatic heterocycles. The van der Waals surface area contributed by atoms with E-state index in [1.807, 2.05) is 106 Å². The van der Waals surface area contributed by atoms with Crippen LogP contribution in [0.3, 0.4) is 0 Å². The number of H-pyrrole nitrogens is 2. The fraction of sp³-hybridized carbons (Fsp3) is 0.356. The van der Waals surface area contributed by atoms with Gasteiger partial charge < -0.3 is 24.9 Å². The van der Waals surface area contributed by atoms with Gasteiger partial charge in [0.05, 0.1) is 23.5 Å². The maximum Gasteiger partial charge on any atom is 0.273 e. The van der Waals surface area contributed by atoms with Crippen molar-refractivity contribution >= 4 is 22.6 Å². The Balaban J connectivity index is 0.937. The fourth-order valence-corrected chi connectivity index (χ4v) is 7.91. The standard InChI is InChI=1S/C45H47F2N7O3/c1-27-8-6-9-33-32(27)19-22-48-37(33)41(55)54-23-7-10-36(54)39-49-24-34(51-39)30-15-11-28(12-16-30)29-13-17-31(18-14-29)35-25-50-40(52-35)38(43(2,3)4)53-42(56)44(5)20-21-45(46,47)26-57-44/h6,8-9,11-19,22,24-25,36,38H,7,10,20-21,23,26H2,1-5H3,(H,49,51)(H,50,52)(H,53,56)/t36?,38-,44-/m1/s1. The molecule has 8 rings (SSSR count). The molecule has 1 unspecified atom stereocenters. The first-order valence-corrected chi connectivity index (χ1v) is 19.5. The molecule has 3 aromatic carbocycles. The van der Waals surface area contributed by atoms with E-state index >= 15 is 0 Å². The zero-order valence-corrected chi connectivity index (χ0v) is 32.8. The maximum absolute atomic E-state index is 13.9. The van der Waals surface area contributed by atoms with Gasteiger partial charge in [-0.3, -0.25) is 14.6 Å². The topological polar surface area (TPSA) is 129 Å². The number of ether oxygens (including phenoxy) is 1. The molecule has 0 spiro atoms. The molecule has 2 saturated heterocycles. The lowest BCUT2D eigenvalue weighted by molar-refractivity contribution is -0.190. The SMILES string of the molecule is Cc1cccc2c(C(=O)N3CCCC3c3nc(-c4ccc(-c5ccc(-c6c[nH]c([C@@H](NC(=O)[C@@]7(C)CCC(F)(F)CO7)C(C)(C)C)n6)cc5)cc4)c[nH]3)nccc12. The summed E-state index contributed by atoms with van der Waals surface area (Å²) < 4.78 is 32.9. The Kier molecular flexibility index (Phi) is 9.79. The summed E-state index contributed by atoms with van der Waals surface area (Å²) in [4.78, 5) is 50.0. The minimum absolute atomic E-state index is 0.0701. The van der Waals surface area contributed by atoms with E-state index in [9.17, 15) is 18.4 Å². The van der Waals surface area contributed by atoms with Crippen molar-refractivity contribution in [2.45, 2.75) is 83.9 Å². The summed E-state index contributed by atoms with van der Waals surface area (Å²) in [5.41, 5.74) is 5.28. The van der Waals surface area contributed by atoms with Crippen molar-refractivity contribution in [2.24, 2.45) is 5.41 Å². The van der Waals surface area contributed by atoms with Gasteiger partial charge in [0, 0.05) is 48.1 Å². The van der Waals surface area contributed by atoms with E-state index in [2.05, 4.69) is 32.4 Å². The summed E-state index contributed by atoms with van der Waals surface area (Å²) in [6.07, 6.45) is 6.67. The minimum atomic E-state index is -2.93. The van der Waals surface area contributed by atoms with Crippen molar-refractivity contribution in [3.8, 4) is 33.6 Å². The monoisotopic (exact) mass is 771 g/mol. The molecule has 2 fully saturated rings. The summed E-state index contributed by atoms with van der Waals surface area (Å²) in [6, 6.07) is 23.6. The fourth-order valence-electron chi connectivity index (χ4n) is 7.91. The molecule has 57 heavy (non-hydrogen) atoms. The number of rotatable bonds is 8. The van der Waals surface area contributed by atoms with Crippen LogP contribution >= 0.6 is 0 Å². The van der Waals surface area contributed by atoms with Gasteiger partial charge in [-0.1, -0.05) is 87.5 Å². The van der Waals surface area contributed by atoms with Crippen molar-refractivity contribution in [2.75, 3.05) is 13.2 Å². The van der Waals surface area contributed by atoms with Gasteiger partial charge in [-0.15, -0.1) is 0 Å². The number of nitrogens with one attached hydrogen (secondary N) is 3. The summed E-state index contributed by atoms with van der Waals surface area (Å²) >= 11 is 0. The zero-order chi connectivity index (χ0) is 40.1. The molecule has 2 aliphatic rings. The minimum Gasteiger partial charge on any atom is -0.359 e. The number of amides is 2. The Hall–Kier alpha value is -5.75. The highest BCUT2D eigenvalue weighted by molar-refractivity contribution is 6.06. The molecule has 2 amide bonds. The Morgan fingerprint density at radius 2 is 1.53 bits per heavy atom. The van der Waals surface area contributed by atoms with Crippen molar-refractivity contribution in [1.29, 1.82) is 0 Å². The van der Waals surface area contributed by atoms with Gasteiger partial charge >= 0.3 is 0 Å². The van der Waals surface area contributed by atoms with Gasteiger partial charge in [-0.2, -0.15) is 0 Å². The number of carbonyl (C=O) groups excluding carboxylic acids is 2. The van der Waals surface area contributed by atoms with E-state index in [0.717, 1.165) is 68.6 Å². The summed E-state index contributed by atoms with van der Waals surface area (Å²) in [5.74, 6) is -2.10. The van der Waals surface area contributed by atoms with Crippen molar-refractivity contribution < 1.29 is 23.1 Å². The number of alkyl halides is 2. The van der Waals surface area contributed by atoms with Crippen LogP contribution in [0.4, 0.5) is 8.78 Å². The summed E-state index contributed by atoms with van der Waals surface area (Å²) in [6.45, 7) is 9.45. The number of aryl methyl sites for hydroxylation is 1. The largest absolute Gasteiger partial charge is 0.359 e. The number of hydrogen-bond donors (Lipinski definition) is 3. The molecule has 294 valence electrons. The summed E-state index contributed by atoms with van der Waals surface area (Å²) in [7, 11) is 0. The van der Waals surface area contributed by atoms with E-state index in [1.54, 1.807) is 13.1 Å². The molecule has 10 nitrogen and oxygen atoms in total. The molecular formula is C45H47F2N7O3. The van der Waals surface area contributed by atoms with Crippen LogP contribution in [0.2, 0.25) is 0 Å². The number of aromatic amines is 2. The van der Waals surface area contributed by atoms with Crippen LogP contribution in [0.1, 0.15) is 93.2 Å². The molecule has 0 radical (unpaired) electrons. The number of aromatic nitrogens is 5. The van der Waals surface area contributed by atoms with Crippen LogP contribution in [-0.4, -0.2) is 66.3 Å². The van der Waals surface area contributed by atoms with Gasteiger partial charge in [0.25, 0.3) is 17.7 Å². The average Bonchev–Trinajstić information content (AvgIpc) is 4.00. The maximum atomic E-state index is 13.9. The molecule has 12 heteroatoms. The highest BCUT2D eigenvalue weighted by Crippen LogP contribution is 2.38. The predicted molar refractivity (Wildman–Crippen MR) is 215 cm³/mol. The molecule has 3 N–H and O–H groups in total. The Labute approximate surface area is 330 Å². The van der Waals surface area contributed by atoms with E-state index in [4.69, 9.17) is 14.7 Å². The third-order valence-electron chi connectivity index (χ3n) is 11.4. The number of halogens is 2. The lowest BCUT2D eigenvalue weighted by atomic mass is 9.85. The van der Waals surface area contributed by atoms with Crippen LogP contribution in [0.15, 0.2) is 91.4 Å². The Bertz CT molecular complexity index is 2420. The molecule has 6 aromatic rings. The van der Waals surface area contributed by atoms with Crippen LogP contribution < -0.4 is 5.32 Å². The molecular weight excluding hydrogens is 725 g/mol. The third-order valence-corrected chi connectivity index (χ3v) is 11.4. The molecule has 3 atom stereocenters. The molecule has 3 aromatic heterocycles. The lowest BCUT2D eigenvalue weighted by Gasteiger charge is -2.38. The second-order valence-corrected chi connectivity index (χ2v) is 16.6. The number of nitrogens with zero attached hydrogens (tertiary/aromatic N) is 4. The average molecular weight is 772 g/mol. The number of hydrogen-bond acceptors (Lipinski definition) is 6. The first-order valence-electron chi connectivity index (χ1n) is 19.5. The number of imidazole rings is 2. The Morgan fingerprint density at radius 1 is 0.877 bits per heavy atom. The molecule has 0 bridgehead atoms. The Morgan fingerprint density at radius 3 is 2.18 bits per heavy atom. The number of pyridine rings is 1. The van der Waals surface area contributed by atoms with Crippen molar-refractivity contribution in [3.05, 3.63) is 114 Å². The highest BCUT2D eigenvalue weighted by atomic mass is 19.3. The van der Waals surface area contributed by atoms with Crippen molar-refractivity contribution in [3.63, 3.8) is 0 Å².